The molecule has 0 spiro atoms. The zero-order valence-corrected chi connectivity index (χ0v) is 20.3. The third-order valence-corrected chi connectivity index (χ3v) is 7.35. The molecular weight excluding hydrogens is 505 g/mol. The molecule has 0 atom stereocenters. The lowest BCUT2D eigenvalue weighted by Gasteiger charge is -2.13. The molecule has 2 heterocycles. The number of aromatic nitrogens is 1. The van der Waals surface area contributed by atoms with Crippen LogP contribution >= 0.6 is 58.5 Å². The topological polar surface area (TPSA) is 62.3 Å². The van der Waals surface area contributed by atoms with Gasteiger partial charge in [-0.3, -0.25) is 14.5 Å². The van der Waals surface area contributed by atoms with Crippen LogP contribution in [0.2, 0.25) is 10.0 Å². The Kier molecular flexibility index (Phi) is 7.27. The van der Waals surface area contributed by atoms with E-state index in [2.05, 4.69) is 10.3 Å². The Balaban J connectivity index is 1.37. The van der Waals surface area contributed by atoms with E-state index in [0.29, 0.717) is 30.8 Å². The fraction of sp³-hybridized carbons (Fsp3) is 0.0909. The maximum absolute atomic E-state index is 12.8. The van der Waals surface area contributed by atoms with E-state index >= 15 is 0 Å². The molecule has 32 heavy (non-hydrogen) atoms. The van der Waals surface area contributed by atoms with Gasteiger partial charge in [-0.1, -0.05) is 77.5 Å². The van der Waals surface area contributed by atoms with Gasteiger partial charge in [0.15, 0.2) is 5.13 Å². The fourth-order valence-electron chi connectivity index (χ4n) is 2.92. The van der Waals surface area contributed by atoms with Crippen molar-refractivity contribution in [2.75, 3.05) is 11.9 Å². The zero-order chi connectivity index (χ0) is 22.7. The van der Waals surface area contributed by atoms with Crippen molar-refractivity contribution < 1.29 is 9.59 Å². The van der Waals surface area contributed by atoms with E-state index in [4.69, 9.17) is 35.4 Å². The average molecular weight is 520 g/mol. The first kappa shape index (κ1) is 22.9. The number of thioether (sulfide) groups is 1. The molecule has 2 aromatic carbocycles. The van der Waals surface area contributed by atoms with Gasteiger partial charge in [0, 0.05) is 27.5 Å². The van der Waals surface area contributed by atoms with Gasteiger partial charge in [-0.25, -0.2) is 4.98 Å². The van der Waals surface area contributed by atoms with Crippen LogP contribution in [0.1, 0.15) is 16.0 Å². The summed E-state index contributed by atoms with van der Waals surface area (Å²) in [7, 11) is 0. The molecule has 1 fully saturated rings. The molecular formula is C22H15Cl2N3O2S3. The normalized spacial score (nSPS) is 14.9. The summed E-state index contributed by atoms with van der Waals surface area (Å²) in [6, 6.07) is 14.8. The highest BCUT2D eigenvalue weighted by atomic mass is 35.5. The zero-order valence-electron chi connectivity index (χ0n) is 16.4. The van der Waals surface area contributed by atoms with E-state index in [1.807, 2.05) is 42.5 Å². The fourth-order valence-corrected chi connectivity index (χ4v) is 5.35. The van der Waals surface area contributed by atoms with Crippen LogP contribution in [0.4, 0.5) is 5.13 Å². The van der Waals surface area contributed by atoms with Crippen LogP contribution in [-0.4, -0.2) is 32.6 Å². The standard InChI is InChI=1S/C22H15Cl2N3O2S3/c23-15-7-5-13(6-8-15)9-16-11-25-21(31-16)26-19(28)12-27-20(29)18(32-22(27)30)10-14-3-1-2-4-17(14)24/h1-8,10-11H,9,12H2,(H,25,26,28). The van der Waals surface area contributed by atoms with E-state index in [1.54, 1.807) is 18.3 Å². The highest BCUT2D eigenvalue weighted by molar-refractivity contribution is 8.26. The second-order valence-corrected chi connectivity index (χ2v) is 10.4. The van der Waals surface area contributed by atoms with Crippen LogP contribution in [-0.2, 0) is 16.0 Å². The Morgan fingerprint density at radius 2 is 1.91 bits per heavy atom. The van der Waals surface area contributed by atoms with Crippen molar-refractivity contribution in [2.24, 2.45) is 0 Å². The minimum absolute atomic E-state index is 0.184. The molecule has 1 aliphatic rings. The molecule has 1 saturated heterocycles. The molecule has 3 aromatic rings. The van der Waals surface area contributed by atoms with E-state index in [9.17, 15) is 9.59 Å². The smallest absolute Gasteiger partial charge is 0.266 e. The second-order valence-electron chi connectivity index (χ2n) is 6.77. The number of rotatable bonds is 6. The third-order valence-electron chi connectivity index (χ3n) is 4.46. The van der Waals surface area contributed by atoms with Gasteiger partial charge in [0.2, 0.25) is 5.91 Å². The Bertz CT molecular complexity index is 1230. The van der Waals surface area contributed by atoms with Crippen LogP contribution in [0.15, 0.2) is 59.6 Å². The summed E-state index contributed by atoms with van der Waals surface area (Å²) in [6.07, 6.45) is 4.09. The first-order chi connectivity index (χ1) is 15.4. The number of thiocarbonyl (C=S) groups is 1. The van der Waals surface area contributed by atoms with Crippen LogP contribution in [0.3, 0.4) is 0 Å². The SMILES string of the molecule is O=C(CN1C(=O)C(=Cc2ccccc2Cl)SC1=S)Nc1ncc(Cc2ccc(Cl)cc2)s1. The average Bonchev–Trinajstić information content (AvgIpc) is 3.30. The summed E-state index contributed by atoms with van der Waals surface area (Å²) in [5.74, 6) is -0.690. The molecule has 0 saturated carbocycles. The number of halogens is 2. The van der Waals surface area contributed by atoms with Gasteiger partial charge in [0.25, 0.3) is 5.91 Å². The number of hydrogen-bond acceptors (Lipinski definition) is 6. The van der Waals surface area contributed by atoms with Gasteiger partial charge in [0.05, 0.1) is 4.91 Å². The molecule has 1 aromatic heterocycles. The number of nitrogens with one attached hydrogen (secondary N) is 1. The Hall–Kier alpha value is -2.23. The van der Waals surface area contributed by atoms with Crippen molar-refractivity contribution in [3.05, 3.63) is 85.7 Å². The number of thiazole rings is 1. The minimum Gasteiger partial charge on any atom is -0.300 e. The molecule has 1 N–H and O–H groups in total. The van der Waals surface area contributed by atoms with Crippen molar-refractivity contribution in [1.82, 2.24) is 9.88 Å². The minimum atomic E-state index is -0.368. The Morgan fingerprint density at radius 3 is 2.66 bits per heavy atom. The van der Waals surface area contributed by atoms with Crippen LogP contribution in [0.25, 0.3) is 6.08 Å². The van der Waals surface area contributed by atoms with Gasteiger partial charge in [-0.05, 0) is 35.4 Å². The number of benzene rings is 2. The van der Waals surface area contributed by atoms with Gasteiger partial charge in [-0.15, -0.1) is 11.3 Å². The molecule has 0 radical (unpaired) electrons. The largest absolute Gasteiger partial charge is 0.300 e. The monoisotopic (exact) mass is 519 g/mol. The molecule has 162 valence electrons. The number of anilines is 1. The third kappa shape index (κ3) is 5.57. The molecule has 0 unspecified atom stereocenters. The van der Waals surface area contributed by atoms with E-state index in [-0.39, 0.29) is 18.4 Å². The van der Waals surface area contributed by atoms with Crippen LogP contribution in [0.5, 0.6) is 0 Å². The van der Waals surface area contributed by atoms with Crippen molar-refractivity contribution in [3.8, 4) is 0 Å². The first-order valence-corrected chi connectivity index (χ1v) is 12.2. The number of hydrogen-bond donors (Lipinski definition) is 1. The van der Waals surface area contributed by atoms with Crippen molar-refractivity contribution in [2.45, 2.75) is 6.42 Å². The van der Waals surface area contributed by atoms with E-state index in [0.717, 1.165) is 27.8 Å². The van der Waals surface area contributed by atoms with Crippen molar-refractivity contribution >= 4 is 85.9 Å². The van der Waals surface area contributed by atoms with Crippen molar-refractivity contribution in [3.63, 3.8) is 0 Å². The number of carbonyl (C=O) groups is 2. The molecule has 0 aliphatic carbocycles. The first-order valence-electron chi connectivity index (χ1n) is 9.38. The van der Waals surface area contributed by atoms with Crippen molar-refractivity contribution in [1.29, 1.82) is 0 Å². The predicted octanol–water partition coefficient (Wildman–Crippen LogP) is 5.88. The summed E-state index contributed by atoms with van der Waals surface area (Å²) >= 11 is 19.9. The highest BCUT2D eigenvalue weighted by Crippen LogP contribution is 2.33. The van der Waals surface area contributed by atoms with E-state index < -0.39 is 0 Å². The summed E-state index contributed by atoms with van der Waals surface area (Å²) in [5, 5.41) is 4.43. The van der Waals surface area contributed by atoms with Gasteiger partial charge >= 0.3 is 0 Å². The van der Waals surface area contributed by atoms with Gasteiger partial charge in [-0.2, -0.15) is 0 Å². The second kappa shape index (κ2) is 10.1. The quantitative estimate of drug-likeness (QED) is 0.325. The Morgan fingerprint density at radius 1 is 1.16 bits per heavy atom. The maximum Gasteiger partial charge on any atom is 0.266 e. The summed E-state index contributed by atoms with van der Waals surface area (Å²) in [4.78, 5) is 32.2. The molecule has 0 bridgehead atoms. The number of carbonyl (C=O) groups excluding carboxylic acids is 2. The lowest BCUT2D eigenvalue weighted by Crippen LogP contribution is -2.36. The van der Waals surface area contributed by atoms with E-state index in [1.165, 1.54) is 16.2 Å². The molecule has 10 heteroatoms. The summed E-state index contributed by atoms with van der Waals surface area (Å²) in [6.45, 7) is -0.184. The predicted molar refractivity (Wildman–Crippen MR) is 136 cm³/mol. The highest BCUT2D eigenvalue weighted by Gasteiger charge is 2.33. The number of amides is 2. The molecule has 4 rings (SSSR count). The van der Waals surface area contributed by atoms with Crippen LogP contribution < -0.4 is 5.32 Å². The maximum atomic E-state index is 12.8. The Labute approximate surface area is 208 Å². The van der Waals surface area contributed by atoms with Gasteiger partial charge < -0.3 is 5.32 Å². The summed E-state index contributed by atoms with van der Waals surface area (Å²) in [5.41, 5.74) is 1.81. The molecule has 2 amide bonds. The molecule has 5 nitrogen and oxygen atoms in total. The van der Waals surface area contributed by atoms with Gasteiger partial charge in [0.1, 0.15) is 10.9 Å². The number of nitrogens with zero attached hydrogens (tertiary/aromatic N) is 2. The molecule has 1 aliphatic heterocycles. The lowest BCUT2D eigenvalue weighted by atomic mass is 10.1. The van der Waals surface area contributed by atoms with Crippen LogP contribution in [0, 0.1) is 0 Å². The lowest BCUT2D eigenvalue weighted by molar-refractivity contribution is -0.126. The summed E-state index contributed by atoms with van der Waals surface area (Å²) < 4.78 is 0.325.